The molecule has 11 heteroatoms. The molecule has 2 aromatic carbocycles. The van der Waals surface area contributed by atoms with E-state index in [2.05, 4.69) is 5.32 Å². The normalized spacial score (nSPS) is 17.5. The molecule has 1 saturated heterocycles. The molecule has 3 N–H and O–H groups in total. The van der Waals surface area contributed by atoms with Crippen molar-refractivity contribution in [1.29, 1.82) is 0 Å². The molecule has 3 rings (SSSR count). The Morgan fingerprint density at radius 2 is 1.50 bits per heavy atom. The maximum absolute atomic E-state index is 13.0. The molecule has 1 fully saturated rings. The van der Waals surface area contributed by atoms with E-state index < -0.39 is 26.1 Å². The van der Waals surface area contributed by atoms with Gasteiger partial charge in [-0.05, 0) is 56.7 Å². The Morgan fingerprint density at radius 1 is 0.906 bits per heavy atom. The Hall–Kier alpha value is -2.31. The van der Waals surface area contributed by atoms with E-state index in [0.717, 1.165) is 5.56 Å². The molecule has 1 unspecified atom stereocenters. The minimum absolute atomic E-state index is 0.0362. The van der Waals surface area contributed by atoms with Gasteiger partial charge in [-0.2, -0.15) is 4.31 Å². The predicted octanol–water partition coefficient (Wildman–Crippen LogP) is 1.37. The number of nitrogens with one attached hydrogen (secondary N) is 1. The molecule has 1 heterocycles. The highest BCUT2D eigenvalue weighted by Crippen LogP contribution is 2.20. The topological polar surface area (TPSA) is 130 Å². The van der Waals surface area contributed by atoms with Crippen LogP contribution in [-0.4, -0.2) is 64.2 Å². The van der Waals surface area contributed by atoms with Crippen molar-refractivity contribution in [3.05, 3.63) is 54.1 Å². The number of nitrogens with two attached hydrogens (primary N) is 1. The van der Waals surface area contributed by atoms with E-state index in [0.29, 0.717) is 31.7 Å². The molecule has 0 radical (unpaired) electrons. The van der Waals surface area contributed by atoms with Gasteiger partial charge in [0.1, 0.15) is 0 Å². The zero-order valence-electron chi connectivity index (χ0n) is 18.1. The second kappa shape index (κ2) is 9.67. The molecule has 0 spiro atoms. The van der Waals surface area contributed by atoms with Crippen LogP contribution in [-0.2, 0) is 24.8 Å². The number of nitrogens with zero attached hydrogens (tertiary/aromatic N) is 2. The SMILES string of the molecule is Cc1ccc(S(=O)(=O)N2CCCN(C(C)C(=O)Nc3ccc(S(N)(=O)=O)cc3)CC2)cc1. The van der Waals surface area contributed by atoms with Crippen molar-refractivity contribution in [2.45, 2.75) is 36.1 Å². The van der Waals surface area contributed by atoms with Gasteiger partial charge in [0.05, 0.1) is 15.8 Å². The molecule has 0 aliphatic carbocycles. The summed E-state index contributed by atoms with van der Waals surface area (Å²) in [4.78, 5) is 14.9. The summed E-state index contributed by atoms with van der Waals surface area (Å²) >= 11 is 0. The maximum atomic E-state index is 13.0. The number of benzene rings is 2. The number of amides is 1. The summed E-state index contributed by atoms with van der Waals surface area (Å²) in [5.74, 6) is -0.261. The summed E-state index contributed by atoms with van der Waals surface area (Å²) in [6.07, 6.45) is 0.603. The molecule has 1 aliphatic rings. The molecule has 1 atom stereocenters. The summed E-state index contributed by atoms with van der Waals surface area (Å²) < 4.78 is 50.1. The Balaban J connectivity index is 1.63. The van der Waals surface area contributed by atoms with Gasteiger partial charge in [-0.1, -0.05) is 17.7 Å². The lowest BCUT2D eigenvalue weighted by molar-refractivity contribution is -0.120. The fourth-order valence-corrected chi connectivity index (χ4v) is 5.53. The molecule has 0 saturated carbocycles. The van der Waals surface area contributed by atoms with E-state index in [-0.39, 0.29) is 22.2 Å². The van der Waals surface area contributed by atoms with Gasteiger partial charge in [0.15, 0.2) is 0 Å². The molecule has 0 bridgehead atoms. The number of anilines is 1. The Bertz CT molecular complexity index is 1160. The van der Waals surface area contributed by atoms with Crippen LogP contribution >= 0.6 is 0 Å². The minimum atomic E-state index is -3.80. The van der Waals surface area contributed by atoms with Crippen LogP contribution < -0.4 is 10.5 Å². The lowest BCUT2D eigenvalue weighted by atomic mass is 10.2. The van der Waals surface area contributed by atoms with Crippen molar-refractivity contribution in [3.8, 4) is 0 Å². The van der Waals surface area contributed by atoms with Crippen LogP contribution in [0.15, 0.2) is 58.3 Å². The molecule has 9 nitrogen and oxygen atoms in total. The number of hydrogen-bond donors (Lipinski definition) is 2. The van der Waals surface area contributed by atoms with Gasteiger partial charge >= 0.3 is 0 Å². The second-order valence-corrected chi connectivity index (χ2v) is 11.3. The lowest BCUT2D eigenvalue weighted by Crippen LogP contribution is -2.44. The van der Waals surface area contributed by atoms with Crippen molar-refractivity contribution in [3.63, 3.8) is 0 Å². The van der Waals surface area contributed by atoms with Crippen LogP contribution in [0.2, 0.25) is 0 Å². The van der Waals surface area contributed by atoms with Crippen molar-refractivity contribution in [2.75, 3.05) is 31.5 Å². The minimum Gasteiger partial charge on any atom is -0.325 e. The number of rotatable bonds is 6. The average molecular weight is 481 g/mol. The fraction of sp³-hybridized carbons (Fsp3) is 0.381. The smallest absolute Gasteiger partial charge is 0.243 e. The van der Waals surface area contributed by atoms with Gasteiger partial charge in [-0.15, -0.1) is 0 Å². The molecular weight excluding hydrogens is 452 g/mol. The maximum Gasteiger partial charge on any atom is 0.243 e. The number of carbonyl (C=O) groups excluding carboxylic acids is 1. The third-order valence-electron chi connectivity index (χ3n) is 5.53. The van der Waals surface area contributed by atoms with Crippen molar-refractivity contribution in [1.82, 2.24) is 9.21 Å². The zero-order valence-corrected chi connectivity index (χ0v) is 19.7. The molecule has 32 heavy (non-hydrogen) atoms. The van der Waals surface area contributed by atoms with E-state index in [1.54, 1.807) is 31.2 Å². The van der Waals surface area contributed by atoms with Crippen molar-refractivity contribution >= 4 is 31.6 Å². The number of sulfonamides is 2. The van der Waals surface area contributed by atoms with Crippen LogP contribution in [0.1, 0.15) is 18.9 Å². The first-order chi connectivity index (χ1) is 15.0. The highest BCUT2D eigenvalue weighted by atomic mass is 32.2. The van der Waals surface area contributed by atoms with E-state index >= 15 is 0 Å². The summed E-state index contributed by atoms with van der Waals surface area (Å²) in [6.45, 7) is 5.34. The molecule has 2 aromatic rings. The Kier molecular flexibility index (Phi) is 7.36. The van der Waals surface area contributed by atoms with Gasteiger partial charge < -0.3 is 5.32 Å². The highest BCUT2D eigenvalue weighted by molar-refractivity contribution is 7.89. The van der Waals surface area contributed by atoms with Crippen LogP contribution in [0.5, 0.6) is 0 Å². The first kappa shape index (κ1) is 24.3. The first-order valence-corrected chi connectivity index (χ1v) is 13.2. The van der Waals surface area contributed by atoms with E-state index in [1.807, 2.05) is 11.8 Å². The van der Waals surface area contributed by atoms with Gasteiger partial charge in [-0.25, -0.2) is 22.0 Å². The second-order valence-electron chi connectivity index (χ2n) is 7.84. The van der Waals surface area contributed by atoms with E-state index in [4.69, 9.17) is 5.14 Å². The highest BCUT2D eigenvalue weighted by Gasteiger charge is 2.30. The standard InChI is InChI=1S/C21H28N4O5S2/c1-16-4-8-20(9-5-16)32(29,30)25-13-3-12-24(14-15-25)17(2)21(26)23-18-6-10-19(11-7-18)31(22,27)28/h4-11,17H,3,12-15H2,1-2H3,(H,23,26)(H2,22,27,28). The van der Waals surface area contributed by atoms with Gasteiger partial charge in [0.25, 0.3) is 0 Å². The summed E-state index contributed by atoms with van der Waals surface area (Å²) in [6, 6.07) is 11.9. The van der Waals surface area contributed by atoms with Gasteiger partial charge in [0, 0.05) is 31.9 Å². The molecular formula is C21H28N4O5S2. The van der Waals surface area contributed by atoms with Crippen LogP contribution in [0.25, 0.3) is 0 Å². The molecule has 1 aliphatic heterocycles. The van der Waals surface area contributed by atoms with Crippen molar-refractivity contribution < 1.29 is 21.6 Å². The van der Waals surface area contributed by atoms with Gasteiger partial charge in [-0.3, -0.25) is 9.69 Å². The van der Waals surface area contributed by atoms with Crippen molar-refractivity contribution in [2.24, 2.45) is 5.14 Å². The quantitative estimate of drug-likeness (QED) is 0.642. The Labute approximate surface area is 189 Å². The molecule has 174 valence electrons. The zero-order chi connectivity index (χ0) is 23.5. The summed E-state index contributed by atoms with van der Waals surface area (Å²) in [5.41, 5.74) is 1.44. The number of primary sulfonamides is 1. The van der Waals surface area contributed by atoms with E-state index in [9.17, 15) is 21.6 Å². The summed E-state index contributed by atoms with van der Waals surface area (Å²) in [7, 11) is -7.39. The summed E-state index contributed by atoms with van der Waals surface area (Å²) in [5, 5.41) is 7.85. The van der Waals surface area contributed by atoms with Crippen LogP contribution in [0, 0.1) is 6.92 Å². The third-order valence-corrected chi connectivity index (χ3v) is 8.37. The third kappa shape index (κ3) is 5.73. The lowest BCUT2D eigenvalue weighted by Gasteiger charge is -2.27. The largest absolute Gasteiger partial charge is 0.325 e. The van der Waals surface area contributed by atoms with Crippen LogP contribution in [0.4, 0.5) is 5.69 Å². The monoisotopic (exact) mass is 480 g/mol. The molecule has 1 amide bonds. The number of aryl methyl sites for hydroxylation is 1. The predicted molar refractivity (Wildman–Crippen MR) is 122 cm³/mol. The van der Waals surface area contributed by atoms with Crippen LogP contribution in [0.3, 0.4) is 0 Å². The number of hydrogen-bond acceptors (Lipinski definition) is 6. The van der Waals surface area contributed by atoms with Gasteiger partial charge in [0.2, 0.25) is 26.0 Å². The Morgan fingerprint density at radius 3 is 2.09 bits per heavy atom. The average Bonchev–Trinajstić information content (AvgIpc) is 3.00. The number of carbonyl (C=O) groups is 1. The van der Waals surface area contributed by atoms with E-state index in [1.165, 1.54) is 28.6 Å². The molecule has 0 aromatic heterocycles. The first-order valence-electron chi connectivity index (χ1n) is 10.2. The fourth-order valence-electron chi connectivity index (χ4n) is 3.54.